The monoisotopic (exact) mass is 252 g/mol. The molecule has 1 aromatic carbocycles. The lowest BCUT2D eigenvalue weighted by molar-refractivity contribution is 0.812. The van der Waals surface area contributed by atoms with Crippen molar-refractivity contribution in [3.8, 4) is 6.07 Å². The number of hydrogen-bond acceptors (Lipinski definition) is 4. The van der Waals surface area contributed by atoms with Crippen molar-refractivity contribution in [3.05, 3.63) is 47.9 Å². The van der Waals surface area contributed by atoms with Gasteiger partial charge >= 0.3 is 0 Å². The Kier molecular flexibility index (Phi) is 3.76. The smallest absolute Gasteiger partial charge is 0.136 e. The van der Waals surface area contributed by atoms with E-state index in [1.54, 1.807) is 18.5 Å². The zero-order valence-electron chi connectivity index (χ0n) is 11.3. The minimum Gasteiger partial charge on any atom is -0.329 e. The molecule has 0 spiro atoms. The Morgan fingerprint density at radius 3 is 2.42 bits per heavy atom. The summed E-state index contributed by atoms with van der Waals surface area (Å²) in [4.78, 5) is 10.5. The zero-order valence-corrected chi connectivity index (χ0v) is 11.3. The molecule has 0 bridgehead atoms. The first kappa shape index (κ1) is 13.0. The van der Waals surface area contributed by atoms with Crippen LogP contribution in [0.2, 0.25) is 0 Å². The van der Waals surface area contributed by atoms with Gasteiger partial charge in [0.05, 0.1) is 11.6 Å². The molecule has 2 aromatic rings. The van der Waals surface area contributed by atoms with E-state index in [0.29, 0.717) is 11.5 Å². The summed E-state index contributed by atoms with van der Waals surface area (Å²) in [5.41, 5.74) is 2.67. The van der Waals surface area contributed by atoms with Crippen molar-refractivity contribution in [2.24, 2.45) is 0 Å². The lowest BCUT2D eigenvalue weighted by Gasteiger charge is -2.19. The van der Waals surface area contributed by atoms with Crippen molar-refractivity contribution >= 4 is 11.5 Å². The molecule has 1 heterocycles. The van der Waals surface area contributed by atoms with Gasteiger partial charge in [-0.3, -0.25) is 0 Å². The molecule has 0 fully saturated rings. The summed E-state index contributed by atoms with van der Waals surface area (Å²) in [6, 6.07) is 11.5. The van der Waals surface area contributed by atoms with Crippen LogP contribution in [0.5, 0.6) is 0 Å². The van der Waals surface area contributed by atoms with E-state index < -0.39 is 0 Å². The third-order valence-electron chi connectivity index (χ3n) is 2.99. The van der Waals surface area contributed by atoms with E-state index in [1.165, 1.54) is 0 Å². The van der Waals surface area contributed by atoms with E-state index in [-0.39, 0.29) is 0 Å². The molecule has 0 N–H and O–H groups in total. The SMILES string of the molecule is CC(C)c1cc(N(C)c2ccc(C#N)cc2)ncn1. The predicted octanol–water partition coefficient (Wildman–Crippen LogP) is 3.24. The largest absolute Gasteiger partial charge is 0.329 e. The van der Waals surface area contributed by atoms with Crippen molar-refractivity contribution in [1.82, 2.24) is 9.97 Å². The predicted molar refractivity (Wildman–Crippen MR) is 75.3 cm³/mol. The Labute approximate surface area is 113 Å². The van der Waals surface area contributed by atoms with Crippen molar-refractivity contribution in [2.45, 2.75) is 19.8 Å². The number of hydrogen-bond donors (Lipinski definition) is 0. The van der Waals surface area contributed by atoms with Gasteiger partial charge in [0.1, 0.15) is 12.1 Å². The van der Waals surface area contributed by atoms with Crippen LogP contribution < -0.4 is 4.90 Å². The van der Waals surface area contributed by atoms with Crippen molar-refractivity contribution in [2.75, 3.05) is 11.9 Å². The summed E-state index contributed by atoms with van der Waals surface area (Å²) < 4.78 is 0. The molecule has 0 amide bonds. The zero-order chi connectivity index (χ0) is 13.8. The summed E-state index contributed by atoms with van der Waals surface area (Å²) >= 11 is 0. The molecular weight excluding hydrogens is 236 g/mol. The Morgan fingerprint density at radius 1 is 1.16 bits per heavy atom. The van der Waals surface area contributed by atoms with Gasteiger partial charge in [-0.2, -0.15) is 5.26 Å². The quantitative estimate of drug-likeness (QED) is 0.841. The normalized spacial score (nSPS) is 10.3. The highest BCUT2D eigenvalue weighted by Gasteiger charge is 2.08. The van der Waals surface area contributed by atoms with Crippen LogP contribution in [0.3, 0.4) is 0 Å². The van der Waals surface area contributed by atoms with Gasteiger partial charge in [0.15, 0.2) is 0 Å². The standard InChI is InChI=1S/C15H16N4/c1-11(2)14-8-15(18-10-17-14)19(3)13-6-4-12(9-16)5-7-13/h4-8,10-11H,1-3H3. The van der Waals surface area contributed by atoms with Gasteiger partial charge in [-0.25, -0.2) is 9.97 Å². The van der Waals surface area contributed by atoms with E-state index in [2.05, 4.69) is 29.9 Å². The Bertz CT molecular complexity index is 596. The fourth-order valence-electron chi connectivity index (χ4n) is 1.75. The van der Waals surface area contributed by atoms with Crippen LogP contribution in [0, 0.1) is 11.3 Å². The molecule has 0 aliphatic heterocycles. The summed E-state index contributed by atoms with van der Waals surface area (Å²) in [6.07, 6.45) is 1.59. The van der Waals surface area contributed by atoms with Crippen LogP contribution in [0.15, 0.2) is 36.7 Å². The lowest BCUT2D eigenvalue weighted by atomic mass is 10.1. The highest BCUT2D eigenvalue weighted by Crippen LogP contribution is 2.23. The van der Waals surface area contributed by atoms with E-state index in [4.69, 9.17) is 5.26 Å². The molecule has 4 heteroatoms. The number of nitriles is 1. The summed E-state index contributed by atoms with van der Waals surface area (Å²) in [5, 5.41) is 8.80. The third kappa shape index (κ3) is 2.89. The van der Waals surface area contributed by atoms with E-state index in [0.717, 1.165) is 17.2 Å². The van der Waals surface area contributed by atoms with Crippen LogP contribution in [0.4, 0.5) is 11.5 Å². The minimum absolute atomic E-state index is 0.371. The van der Waals surface area contributed by atoms with Gasteiger partial charge in [-0.1, -0.05) is 13.8 Å². The minimum atomic E-state index is 0.371. The third-order valence-corrected chi connectivity index (χ3v) is 2.99. The van der Waals surface area contributed by atoms with Gasteiger partial charge in [0.2, 0.25) is 0 Å². The second-order valence-electron chi connectivity index (χ2n) is 4.67. The molecular formula is C15H16N4. The Balaban J connectivity index is 2.30. The molecule has 0 unspecified atom stereocenters. The summed E-state index contributed by atoms with van der Waals surface area (Å²) in [6.45, 7) is 4.21. The highest BCUT2D eigenvalue weighted by atomic mass is 15.2. The van der Waals surface area contributed by atoms with Gasteiger partial charge in [-0.15, -0.1) is 0 Å². The van der Waals surface area contributed by atoms with Crippen LogP contribution in [0.1, 0.15) is 31.0 Å². The van der Waals surface area contributed by atoms with E-state index in [9.17, 15) is 0 Å². The van der Waals surface area contributed by atoms with Crippen molar-refractivity contribution < 1.29 is 0 Å². The van der Waals surface area contributed by atoms with Crippen LogP contribution in [-0.4, -0.2) is 17.0 Å². The van der Waals surface area contributed by atoms with Gasteiger partial charge < -0.3 is 4.90 Å². The lowest BCUT2D eigenvalue weighted by Crippen LogP contribution is -2.12. The van der Waals surface area contributed by atoms with Crippen LogP contribution in [-0.2, 0) is 0 Å². The molecule has 19 heavy (non-hydrogen) atoms. The maximum absolute atomic E-state index is 8.80. The first-order valence-electron chi connectivity index (χ1n) is 6.17. The molecule has 0 saturated heterocycles. The number of anilines is 2. The molecule has 96 valence electrons. The molecule has 0 radical (unpaired) electrons. The number of aromatic nitrogens is 2. The first-order valence-corrected chi connectivity index (χ1v) is 6.17. The average Bonchev–Trinajstić information content (AvgIpc) is 2.46. The second-order valence-corrected chi connectivity index (χ2v) is 4.67. The summed E-state index contributed by atoms with van der Waals surface area (Å²) in [7, 11) is 1.95. The molecule has 1 aromatic heterocycles. The Hall–Kier alpha value is -2.41. The maximum Gasteiger partial charge on any atom is 0.136 e. The van der Waals surface area contributed by atoms with Crippen molar-refractivity contribution in [1.29, 1.82) is 5.26 Å². The number of rotatable bonds is 3. The fraction of sp³-hybridized carbons (Fsp3) is 0.267. The molecule has 4 nitrogen and oxygen atoms in total. The topological polar surface area (TPSA) is 52.8 Å². The maximum atomic E-state index is 8.80. The molecule has 2 rings (SSSR count). The molecule has 0 aliphatic rings. The molecule has 0 atom stereocenters. The number of benzene rings is 1. The molecule has 0 aliphatic carbocycles. The second kappa shape index (κ2) is 5.49. The van der Waals surface area contributed by atoms with Gasteiger partial charge in [-0.05, 0) is 30.2 Å². The number of nitrogens with zero attached hydrogens (tertiary/aromatic N) is 4. The van der Waals surface area contributed by atoms with Crippen molar-refractivity contribution in [3.63, 3.8) is 0 Å². The van der Waals surface area contributed by atoms with Crippen LogP contribution in [0.25, 0.3) is 0 Å². The van der Waals surface area contributed by atoms with Crippen LogP contribution >= 0.6 is 0 Å². The average molecular weight is 252 g/mol. The fourth-order valence-corrected chi connectivity index (χ4v) is 1.75. The van der Waals surface area contributed by atoms with E-state index in [1.807, 2.05) is 30.1 Å². The van der Waals surface area contributed by atoms with Gasteiger partial charge in [0.25, 0.3) is 0 Å². The molecule has 0 saturated carbocycles. The first-order chi connectivity index (χ1) is 9.11. The summed E-state index contributed by atoms with van der Waals surface area (Å²) in [5.74, 6) is 1.22. The van der Waals surface area contributed by atoms with E-state index >= 15 is 0 Å². The highest BCUT2D eigenvalue weighted by molar-refractivity contribution is 5.60. The Morgan fingerprint density at radius 2 is 1.84 bits per heavy atom. The van der Waals surface area contributed by atoms with Gasteiger partial charge in [0, 0.05) is 24.5 Å².